The molecule has 1 aliphatic rings. The number of rotatable bonds is 8. The highest BCUT2D eigenvalue weighted by Crippen LogP contribution is 2.37. The van der Waals surface area contributed by atoms with Crippen molar-refractivity contribution in [1.29, 1.82) is 0 Å². The van der Waals surface area contributed by atoms with Crippen molar-refractivity contribution in [3.05, 3.63) is 82.9 Å². The van der Waals surface area contributed by atoms with Gasteiger partial charge in [0, 0.05) is 13.7 Å². The summed E-state index contributed by atoms with van der Waals surface area (Å²) >= 11 is 0. The molecule has 0 spiro atoms. The van der Waals surface area contributed by atoms with E-state index in [4.69, 9.17) is 4.74 Å². The Balaban J connectivity index is 1.54. The van der Waals surface area contributed by atoms with Gasteiger partial charge in [0.25, 0.3) is 0 Å². The zero-order valence-electron chi connectivity index (χ0n) is 20.4. The number of hydrogen-bond donors (Lipinski definition) is 1. The maximum atomic E-state index is 9.40. The lowest BCUT2D eigenvalue weighted by molar-refractivity contribution is 0.202. The van der Waals surface area contributed by atoms with Crippen molar-refractivity contribution in [1.82, 2.24) is 0 Å². The molecule has 33 heavy (non-hydrogen) atoms. The summed E-state index contributed by atoms with van der Waals surface area (Å²) in [7, 11) is 1.74. The molecule has 0 unspecified atom stereocenters. The molecule has 0 atom stereocenters. The summed E-state index contributed by atoms with van der Waals surface area (Å²) < 4.78 is 5.30. The van der Waals surface area contributed by atoms with Gasteiger partial charge in [0.15, 0.2) is 0 Å². The standard InChI is InChI=1S/C31H38O2/c1-22-4-6-24(7-5-22)25-8-11-27(12-9-25)31-15-14-28(20-23(31)2)29-13-10-26(16-18-32)30(21-29)17-19-33-3/h8-15,20-22,24,32H,4-7,16-19H2,1-3H3. The van der Waals surface area contributed by atoms with E-state index >= 15 is 0 Å². The Kier molecular flexibility index (Phi) is 8.01. The fraction of sp³-hybridized carbons (Fsp3) is 0.419. The van der Waals surface area contributed by atoms with Crippen molar-refractivity contribution in [3.63, 3.8) is 0 Å². The molecule has 0 amide bonds. The van der Waals surface area contributed by atoms with E-state index in [9.17, 15) is 5.11 Å². The quantitative estimate of drug-likeness (QED) is 0.395. The zero-order valence-corrected chi connectivity index (χ0v) is 20.4. The summed E-state index contributed by atoms with van der Waals surface area (Å²) in [5, 5.41) is 9.40. The van der Waals surface area contributed by atoms with Gasteiger partial charge in [-0.15, -0.1) is 0 Å². The second-order valence-corrected chi connectivity index (χ2v) is 9.81. The van der Waals surface area contributed by atoms with Crippen molar-refractivity contribution in [2.24, 2.45) is 5.92 Å². The molecule has 2 nitrogen and oxygen atoms in total. The molecular weight excluding hydrogens is 404 g/mol. The van der Waals surface area contributed by atoms with Gasteiger partial charge in [0.1, 0.15) is 0 Å². The van der Waals surface area contributed by atoms with Crippen LogP contribution in [0.5, 0.6) is 0 Å². The zero-order chi connectivity index (χ0) is 23.2. The van der Waals surface area contributed by atoms with E-state index < -0.39 is 0 Å². The normalized spacial score (nSPS) is 18.4. The minimum Gasteiger partial charge on any atom is -0.396 e. The highest BCUT2D eigenvalue weighted by Gasteiger charge is 2.19. The van der Waals surface area contributed by atoms with Crippen LogP contribution in [-0.2, 0) is 17.6 Å². The molecule has 3 aromatic rings. The van der Waals surface area contributed by atoms with Gasteiger partial charge in [0.2, 0.25) is 0 Å². The lowest BCUT2D eigenvalue weighted by atomic mass is 9.79. The first-order chi connectivity index (χ1) is 16.1. The van der Waals surface area contributed by atoms with Gasteiger partial charge in [-0.1, -0.05) is 80.4 Å². The Morgan fingerprint density at radius 3 is 2.12 bits per heavy atom. The first kappa shape index (κ1) is 23.7. The molecule has 174 valence electrons. The van der Waals surface area contributed by atoms with Crippen LogP contribution in [0, 0.1) is 12.8 Å². The predicted molar refractivity (Wildman–Crippen MR) is 139 cm³/mol. The van der Waals surface area contributed by atoms with E-state index in [1.807, 2.05) is 0 Å². The summed E-state index contributed by atoms with van der Waals surface area (Å²) in [5.74, 6) is 1.63. The monoisotopic (exact) mass is 442 g/mol. The molecule has 1 saturated carbocycles. The third-order valence-corrected chi connectivity index (χ3v) is 7.43. The SMILES string of the molecule is COCCc1cc(-c2ccc(-c3ccc(C4CCC(C)CC4)cc3)c(C)c2)ccc1CCO. The molecule has 0 radical (unpaired) electrons. The second kappa shape index (κ2) is 11.1. The molecule has 2 heteroatoms. The smallest absolute Gasteiger partial charge is 0.0502 e. The largest absolute Gasteiger partial charge is 0.396 e. The van der Waals surface area contributed by atoms with Crippen molar-refractivity contribution >= 4 is 0 Å². The van der Waals surface area contributed by atoms with Crippen molar-refractivity contribution in [2.75, 3.05) is 20.3 Å². The van der Waals surface area contributed by atoms with E-state index in [1.165, 1.54) is 70.2 Å². The highest BCUT2D eigenvalue weighted by molar-refractivity contribution is 5.74. The van der Waals surface area contributed by atoms with Gasteiger partial charge >= 0.3 is 0 Å². The van der Waals surface area contributed by atoms with Crippen molar-refractivity contribution in [2.45, 2.75) is 58.3 Å². The molecule has 0 aliphatic heterocycles. The molecular formula is C31H38O2. The average molecular weight is 443 g/mol. The molecule has 4 rings (SSSR count). The number of aliphatic hydroxyl groups is 1. The Morgan fingerprint density at radius 2 is 1.45 bits per heavy atom. The minimum atomic E-state index is 0.172. The van der Waals surface area contributed by atoms with Crippen LogP contribution in [0.1, 0.15) is 60.8 Å². The summed E-state index contributed by atoms with van der Waals surface area (Å²) in [6, 6.07) is 22.7. The fourth-order valence-corrected chi connectivity index (χ4v) is 5.31. The summed E-state index contributed by atoms with van der Waals surface area (Å²) in [4.78, 5) is 0. The number of methoxy groups -OCH3 is 1. The molecule has 3 aromatic carbocycles. The number of benzene rings is 3. The highest BCUT2D eigenvalue weighted by atomic mass is 16.5. The van der Waals surface area contributed by atoms with E-state index in [0.717, 1.165) is 18.3 Å². The van der Waals surface area contributed by atoms with Crippen LogP contribution in [0.15, 0.2) is 60.7 Å². The van der Waals surface area contributed by atoms with Crippen LogP contribution in [0.4, 0.5) is 0 Å². The van der Waals surface area contributed by atoms with Gasteiger partial charge in [-0.25, -0.2) is 0 Å². The van der Waals surface area contributed by atoms with Crippen molar-refractivity contribution < 1.29 is 9.84 Å². The topological polar surface area (TPSA) is 29.5 Å². The Hall–Kier alpha value is -2.42. The van der Waals surface area contributed by atoms with Crippen LogP contribution < -0.4 is 0 Å². The second-order valence-electron chi connectivity index (χ2n) is 9.81. The fourth-order valence-electron chi connectivity index (χ4n) is 5.31. The molecule has 1 aliphatic carbocycles. The minimum absolute atomic E-state index is 0.172. The average Bonchev–Trinajstić information content (AvgIpc) is 2.84. The lowest BCUT2D eigenvalue weighted by Gasteiger charge is -2.26. The number of aliphatic hydroxyl groups excluding tert-OH is 1. The van der Waals surface area contributed by atoms with Gasteiger partial charge in [-0.05, 0) is 89.0 Å². The van der Waals surface area contributed by atoms with E-state index in [0.29, 0.717) is 13.0 Å². The maximum absolute atomic E-state index is 9.40. The first-order valence-corrected chi connectivity index (χ1v) is 12.5. The first-order valence-electron chi connectivity index (χ1n) is 12.5. The third-order valence-electron chi connectivity index (χ3n) is 7.43. The summed E-state index contributed by atoms with van der Waals surface area (Å²) in [6.07, 6.45) is 6.94. The molecule has 0 aromatic heterocycles. The van der Waals surface area contributed by atoms with E-state index in [2.05, 4.69) is 74.5 Å². The predicted octanol–water partition coefficient (Wildman–Crippen LogP) is 7.35. The molecule has 1 fully saturated rings. The molecule has 0 bridgehead atoms. The number of hydrogen-bond acceptors (Lipinski definition) is 2. The van der Waals surface area contributed by atoms with Crippen molar-refractivity contribution in [3.8, 4) is 22.3 Å². The van der Waals surface area contributed by atoms with Gasteiger partial charge in [-0.2, -0.15) is 0 Å². The van der Waals surface area contributed by atoms with Crippen LogP contribution in [0.3, 0.4) is 0 Å². The summed E-state index contributed by atoms with van der Waals surface area (Å²) in [5.41, 5.74) is 10.3. The number of aryl methyl sites for hydroxylation is 1. The van der Waals surface area contributed by atoms with E-state index in [1.54, 1.807) is 7.11 Å². The molecule has 0 saturated heterocycles. The maximum Gasteiger partial charge on any atom is 0.0502 e. The Labute approximate surface area is 199 Å². The van der Waals surface area contributed by atoms with Gasteiger partial charge in [0.05, 0.1) is 6.61 Å². The molecule has 1 N–H and O–H groups in total. The lowest BCUT2D eigenvalue weighted by Crippen LogP contribution is -2.10. The van der Waals surface area contributed by atoms with Crippen LogP contribution in [0.2, 0.25) is 0 Å². The van der Waals surface area contributed by atoms with E-state index in [-0.39, 0.29) is 6.61 Å². The third kappa shape index (κ3) is 5.75. The summed E-state index contributed by atoms with van der Waals surface area (Å²) in [6.45, 7) is 5.46. The van der Waals surface area contributed by atoms with Crippen LogP contribution >= 0.6 is 0 Å². The Bertz CT molecular complexity index is 1040. The van der Waals surface area contributed by atoms with Crippen LogP contribution in [-0.4, -0.2) is 25.4 Å². The van der Waals surface area contributed by atoms with Gasteiger partial charge in [-0.3, -0.25) is 0 Å². The van der Waals surface area contributed by atoms with Crippen LogP contribution in [0.25, 0.3) is 22.3 Å². The van der Waals surface area contributed by atoms with Gasteiger partial charge < -0.3 is 9.84 Å². The Morgan fingerprint density at radius 1 is 0.788 bits per heavy atom. The molecule has 0 heterocycles. The number of ether oxygens (including phenoxy) is 1.